The number of aliphatic hydroxyl groups is 1. The Hall–Kier alpha value is -0.870. The molecule has 0 radical (unpaired) electrons. The van der Waals surface area contributed by atoms with Gasteiger partial charge in [-0.1, -0.05) is 6.92 Å². The van der Waals surface area contributed by atoms with Crippen LogP contribution in [0.3, 0.4) is 0 Å². The second-order valence-electron chi connectivity index (χ2n) is 4.31. The highest BCUT2D eigenvalue weighted by Crippen LogP contribution is 2.13. The number of nitrogens with one attached hydrogen (secondary N) is 1. The lowest BCUT2D eigenvalue weighted by atomic mass is 10.00. The van der Waals surface area contributed by atoms with Crippen molar-refractivity contribution >= 4 is 0 Å². The molecule has 0 saturated carbocycles. The number of aryl methyl sites for hydroxylation is 2. The highest BCUT2D eigenvalue weighted by atomic mass is 16.3. The van der Waals surface area contributed by atoms with E-state index in [1.807, 2.05) is 25.7 Å². The van der Waals surface area contributed by atoms with E-state index in [0.29, 0.717) is 13.0 Å². The molecule has 0 aliphatic rings. The zero-order chi connectivity index (χ0) is 11.5. The summed E-state index contributed by atoms with van der Waals surface area (Å²) in [7, 11) is 3.76. The summed E-state index contributed by atoms with van der Waals surface area (Å²) in [5, 5.41) is 17.4. The predicted molar refractivity (Wildman–Crippen MR) is 60.8 cm³/mol. The Kier molecular flexibility index (Phi) is 3.88. The monoisotopic (exact) mass is 211 g/mol. The van der Waals surface area contributed by atoms with Crippen molar-refractivity contribution in [1.82, 2.24) is 15.1 Å². The fourth-order valence-electron chi connectivity index (χ4n) is 1.74. The summed E-state index contributed by atoms with van der Waals surface area (Å²) in [6.45, 7) is 4.50. The standard InChI is InChI=1S/C11H21N3O/c1-5-9-6-10(14(4)13-9)7-11(2,15)8-12-3/h6,12,15H,5,7-8H2,1-4H3. The van der Waals surface area contributed by atoms with Crippen molar-refractivity contribution in [3.05, 3.63) is 17.5 Å². The van der Waals surface area contributed by atoms with Gasteiger partial charge in [-0.2, -0.15) is 5.10 Å². The van der Waals surface area contributed by atoms with E-state index >= 15 is 0 Å². The Bertz CT molecular complexity index is 318. The molecule has 1 unspecified atom stereocenters. The lowest BCUT2D eigenvalue weighted by molar-refractivity contribution is 0.0603. The molecule has 1 aromatic heterocycles. The molecule has 2 N–H and O–H groups in total. The van der Waals surface area contributed by atoms with Gasteiger partial charge < -0.3 is 10.4 Å². The van der Waals surface area contributed by atoms with E-state index in [2.05, 4.69) is 23.4 Å². The smallest absolute Gasteiger partial charge is 0.0798 e. The van der Waals surface area contributed by atoms with E-state index in [-0.39, 0.29) is 0 Å². The van der Waals surface area contributed by atoms with Gasteiger partial charge in [-0.05, 0) is 26.5 Å². The lowest BCUT2D eigenvalue weighted by Crippen LogP contribution is -2.38. The molecule has 0 spiro atoms. The summed E-state index contributed by atoms with van der Waals surface area (Å²) in [6, 6.07) is 2.06. The molecule has 86 valence electrons. The van der Waals surface area contributed by atoms with Gasteiger partial charge in [-0.25, -0.2) is 0 Å². The maximum absolute atomic E-state index is 10.1. The molecule has 0 amide bonds. The van der Waals surface area contributed by atoms with Crippen LogP contribution in [0.2, 0.25) is 0 Å². The summed E-state index contributed by atoms with van der Waals surface area (Å²) >= 11 is 0. The molecule has 0 bridgehead atoms. The number of hydrogen-bond acceptors (Lipinski definition) is 3. The van der Waals surface area contributed by atoms with Gasteiger partial charge in [0.15, 0.2) is 0 Å². The summed E-state index contributed by atoms with van der Waals surface area (Å²) < 4.78 is 1.85. The number of likely N-dealkylation sites (N-methyl/N-ethyl adjacent to an activating group) is 1. The fraction of sp³-hybridized carbons (Fsp3) is 0.727. The predicted octanol–water partition coefficient (Wildman–Crippen LogP) is 0.495. The Morgan fingerprint density at radius 2 is 2.27 bits per heavy atom. The van der Waals surface area contributed by atoms with Crippen LogP contribution in [0, 0.1) is 0 Å². The van der Waals surface area contributed by atoms with E-state index in [9.17, 15) is 5.11 Å². The van der Waals surface area contributed by atoms with Crippen LogP contribution in [-0.2, 0) is 19.9 Å². The third-order valence-electron chi connectivity index (χ3n) is 2.51. The van der Waals surface area contributed by atoms with Crippen molar-refractivity contribution in [2.45, 2.75) is 32.3 Å². The maximum atomic E-state index is 10.1. The molecule has 4 heteroatoms. The minimum Gasteiger partial charge on any atom is -0.388 e. The zero-order valence-electron chi connectivity index (χ0n) is 10.0. The van der Waals surface area contributed by atoms with Gasteiger partial charge in [0.1, 0.15) is 0 Å². The first-order chi connectivity index (χ1) is 6.98. The van der Waals surface area contributed by atoms with Gasteiger partial charge >= 0.3 is 0 Å². The molecule has 4 nitrogen and oxygen atoms in total. The highest BCUT2D eigenvalue weighted by Gasteiger charge is 2.21. The first-order valence-electron chi connectivity index (χ1n) is 5.37. The van der Waals surface area contributed by atoms with E-state index in [4.69, 9.17) is 0 Å². The molecular formula is C11H21N3O. The minimum atomic E-state index is -0.715. The second kappa shape index (κ2) is 4.77. The van der Waals surface area contributed by atoms with Crippen LogP contribution in [-0.4, -0.2) is 34.1 Å². The summed E-state index contributed by atoms with van der Waals surface area (Å²) in [4.78, 5) is 0. The number of aromatic nitrogens is 2. The van der Waals surface area contributed by atoms with Crippen molar-refractivity contribution in [3.8, 4) is 0 Å². The molecule has 1 aromatic rings. The van der Waals surface area contributed by atoms with E-state index in [1.165, 1.54) is 0 Å². The van der Waals surface area contributed by atoms with Crippen molar-refractivity contribution in [3.63, 3.8) is 0 Å². The topological polar surface area (TPSA) is 50.1 Å². The first kappa shape index (κ1) is 12.2. The van der Waals surface area contributed by atoms with Gasteiger partial charge in [-0.3, -0.25) is 4.68 Å². The van der Waals surface area contributed by atoms with Crippen molar-refractivity contribution in [1.29, 1.82) is 0 Å². The molecule has 0 aliphatic heterocycles. The molecule has 0 saturated heterocycles. The van der Waals surface area contributed by atoms with Crippen LogP contribution in [0.15, 0.2) is 6.07 Å². The second-order valence-corrected chi connectivity index (χ2v) is 4.31. The Balaban J connectivity index is 2.75. The Morgan fingerprint density at radius 3 is 2.73 bits per heavy atom. The van der Waals surface area contributed by atoms with Gasteiger partial charge in [0.2, 0.25) is 0 Å². The van der Waals surface area contributed by atoms with Gasteiger partial charge in [0.25, 0.3) is 0 Å². The molecule has 0 aliphatic carbocycles. The largest absolute Gasteiger partial charge is 0.388 e. The quantitative estimate of drug-likeness (QED) is 0.745. The molecule has 1 atom stereocenters. The minimum absolute atomic E-state index is 0.583. The van der Waals surface area contributed by atoms with Crippen LogP contribution in [0.4, 0.5) is 0 Å². The van der Waals surface area contributed by atoms with Crippen molar-refractivity contribution < 1.29 is 5.11 Å². The molecule has 0 aromatic carbocycles. The third-order valence-corrected chi connectivity index (χ3v) is 2.51. The maximum Gasteiger partial charge on any atom is 0.0798 e. The van der Waals surface area contributed by atoms with Crippen LogP contribution in [0.1, 0.15) is 25.2 Å². The van der Waals surface area contributed by atoms with Crippen LogP contribution in [0.25, 0.3) is 0 Å². The van der Waals surface area contributed by atoms with Gasteiger partial charge in [0, 0.05) is 25.7 Å². The Morgan fingerprint density at radius 1 is 1.60 bits per heavy atom. The highest BCUT2D eigenvalue weighted by molar-refractivity contribution is 5.12. The summed E-state index contributed by atoms with van der Waals surface area (Å²) in [6.07, 6.45) is 1.55. The van der Waals surface area contributed by atoms with Gasteiger partial charge in [0.05, 0.1) is 11.3 Å². The van der Waals surface area contributed by atoms with Crippen molar-refractivity contribution in [2.24, 2.45) is 7.05 Å². The van der Waals surface area contributed by atoms with Crippen LogP contribution in [0.5, 0.6) is 0 Å². The fourth-order valence-corrected chi connectivity index (χ4v) is 1.74. The van der Waals surface area contributed by atoms with E-state index in [1.54, 1.807) is 0 Å². The number of hydrogen-bond donors (Lipinski definition) is 2. The normalized spacial score (nSPS) is 15.3. The van der Waals surface area contributed by atoms with Crippen LogP contribution < -0.4 is 5.32 Å². The average molecular weight is 211 g/mol. The summed E-state index contributed by atoms with van der Waals surface area (Å²) in [5.41, 5.74) is 1.44. The zero-order valence-corrected chi connectivity index (χ0v) is 10.0. The van der Waals surface area contributed by atoms with Crippen LogP contribution >= 0.6 is 0 Å². The van der Waals surface area contributed by atoms with E-state index in [0.717, 1.165) is 17.8 Å². The molecule has 1 heterocycles. The average Bonchev–Trinajstić information content (AvgIpc) is 2.46. The first-order valence-corrected chi connectivity index (χ1v) is 5.37. The SMILES string of the molecule is CCc1cc(CC(C)(O)CNC)n(C)n1. The number of nitrogens with zero attached hydrogens (tertiary/aromatic N) is 2. The molecule has 0 fully saturated rings. The summed E-state index contributed by atoms with van der Waals surface area (Å²) in [5.74, 6) is 0. The molecule has 15 heavy (non-hydrogen) atoms. The lowest BCUT2D eigenvalue weighted by Gasteiger charge is -2.22. The number of rotatable bonds is 5. The molecule has 1 rings (SSSR count). The van der Waals surface area contributed by atoms with Crippen molar-refractivity contribution in [2.75, 3.05) is 13.6 Å². The Labute approximate surface area is 91.3 Å². The molecular weight excluding hydrogens is 190 g/mol. The van der Waals surface area contributed by atoms with Gasteiger partial charge in [-0.15, -0.1) is 0 Å². The van der Waals surface area contributed by atoms with E-state index < -0.39 is 5.60 Å². The third kappa shape index (κ3) is 3.32.